The summed E-state index contributed by atoms with van der Waals surface area (Å²) in [5.41, 5.74) is 2.21. The zero-order valence-corrected chi connectivity index (χ0v) is 14.1. The van der Waals surface area contributed by atoms with Gasteiger partial charge < -0.3 is 5.32 Å². The van der Waals surface area contributed by atoms with Crippen LogP contribution in [0.5, 0.6) is 0 Å². The van der Waals surface area contributed by atoms with Crippen LogP contribution in [-0.2, 0) is 17.9 Å². The number of carbonyl (C=O) groups excluding carboxylic acids is 1. The maximum Gasteiger partial charge on any atom is 0.254 e. The van der Waals surface area contributed by atoms with E-state index < -0.39 is 0 Å². The topological polar surface area (TPSA) is 94.7 Å². The van der Waals surface area contributed by atoms with Crippen molar-refractivity contribution >= 4 is 17.2 Å². The Morgan fingerprint density at radius 2 is 2.28 bits per heavy atom. The Bertz CT molecular complexity index is 942. The lowest BCUT2D eigenvalue weighted by atomic mass is 10.3. The number of hydrogen-bond donors (Lipinski definition) is 1. The van der Waals surface area contributed by atoms with Gasteiger partial charge in [0.15, 0.2) is 0 Å². The lowest BCUT2D eigenvalue weighted by Gasteiger charge is -2.06. The second-order valence-corrected chi connectivity index (χ2v) is 6.75. The summed E-state index contributed by atoms with van der Waals surface area (Å²) in [7, 11) is 0. The van der Waals surface area contributed by atoms with E-state index in [4.69, 9.17) is 0 Å². The zero-order valence-electron chi connectivity index (χ0n) is 13.3. The minimum absolute atomic E-state index is 0.0601. The molecular formula is C16H16N6O2S. The van der Waals surface area contributed by atoms with Gasteiger partial charge in [-0.05, 0) is 24.3 Å². The first-order chi connectivity index (χ1) is 12.2. The highest BCUT2D eigenvalue weighted by Crippen LogP contribution is 2.38. The summed E-state index contributed by atoms with van der Waals surface area (Å²) in [5.74, 6) is 0.148. The van der Waals surface area contributed by atoms with E-state index >= 15 is 0 Å². The van der Waals surface area contributed by atoms with E-state index in [2.05, 4.69) is 20.6 Å². The molecule has 1 saturated carbocycles. The fourth-order valence-electron chi connectivity index (χ4n) is 2.45. The van der Waals surface area contributed by atoms with Crippen LogP contribution in [-0.4, -0.2) is 30.5 Å². The molecule has 0 atom stereocenters. The average Bonchev–Trinajstić information content (AvgIpc) is 3.10. The molecule has 0 aromatic carbocycles. The molecule has 8 nitrogen and oxygen atoms in total. The third kappa shape index (κ3) is 3.66. The van der Waals surface area contributed by atoms with Crippen molar-refractivity contribution in [2.75, 3.05) is 0 Å². The second-order valence-electron chi connectivity index (χ2n) is 5.97. The third-order valence-electron chi connectivity index (χ3n) is 3.99. The van der Waals surface area contributed by atoms with Gasteiger partial charge in [0.25, 0.3) is 5.56 Å². The highest BCUT2D eigenvalue weighted by atomic mass is 32.1. The molecule has 1 aliphatic rings. The van der Waals surface area contributed by atoms with Crippen LogP contribution in [0, 0.1) is 0 Å². The molecule has 1 aliphatic carbocycles. The molecule has 3 aromatic heterocycles. The van der Waals surface area contributed by atoms with Gasteiger partial charge in [0, 0.05) is 17.4 Å². The molecule has 1 fully saturated rings. The fraction of sp³-hybridized carbons (Fsp3) is 0.312. The summed E-state index contributed by atoms with van der Waals surface area (Å²) in [6, 6.07) is 3.46. The van der Waals surface area contributed by atoms with Gasteiger partial charge in [0.1, 0.15) is 12.2 Å². The van der Waals surface area contributed by atoms with Crippen molar-refractivity contribution in [1.82, 2.24) is 29.9 Å². The van der Waals surface area contributed by atoms with Gasteiger partial charge in [-0.25, -0.2) is 9.67 Å². The molecule has 0 aliphatic heterocycles. The van der Waals surface area contributed by atoms with Crippen LogP contribution in [0.1, 0.15) is 30.1 Å². The van der Waals surface area contributed by atoms with Crippen LogP contribution in [0.2, 0.25) is 0 Å². The van der Waals surface area contributed by atoms with Crippen molar-refractivity contribution < 1.29 is 4.79 Å². The second kappa shape index (κ2) is 6.60. The van der Waals surface area contributed by atoms with Gasteiger partial charge in [0.05, 0.1) is 30.5 Å². The van der Waals surface area contributed by atoms with Crippen molar-refractivity contribution in [2.24, 2.45) is 0 Å². The Morgan fingerprint density at radius 1 is 1.40 bits per heavy atom. The van der Waals surface area contributed by atoms with Gasteiger partial charge in [-0.2, -0.15) is 11.3 Å². The average molecular weight is 356 g/mol. The van der Waals surface area contributed by atoms with Crippen LogP contribution in [0.25, 0.3) is 5.69 Å². The minimum Gasteiger partial charge on any atom is -0.349 e. The quantitative estimate of drug-likeness (QED) is 0.713. The number of nitrogens with zero attached hydrogens (tertiary/aromatic N) is 5. The summed E-state index contributed by atoms with van der Waals surface area (Å²) < 4.78 is 2.96. The van der Waals surface area contributed by atoms with E-state index in [0.717, 1.165) is 24.2 Å². The molecule has 0 saturated heterocycles. The van der Waals surface area contributed by atoms with Crippen molar-refractivity contribution in [3.8, 4) is 5.69 Å². The van der Waals surface area contributed by atoms with Crippen LogP contribution in [0.3, 0.4) is 0 Å². The van der Waals surface area contributed by atoms with E-state index in [1.807, 2.05) is 16.8 Å². The summed E-state index contributed by atoms with van der Waals surface area (Å²) in [6.45, 7) is 0.195. The highest BCUT2D eigenvalue weighted by Gasteiger charge is 2.25. The number of hydrogen-bond acceptors (Lipinski definition) is 6. The summed E-state index contributed by atoms with van der Waals surface area (Å²) in [5, 5.41) is 14.7. The van der Waals surface area contributed by atoms with E-state index in [1.54, 1.807) is 22.2 Å². The van der Waals surface area contributed by atoms with Crippen LogP contribution in [0.15, 0.2) is 40.2 Å². The molecular weight excluding hydrogens is 340 g/mol. The van der Waals surface area contributed by atoms with Gasteiger partial charge in [-0.3, -0.25) is 14.2 Å². The molecule has 0 unspecified atom stereocenters. The molecule has 1 N–H and O–H groups in total. The molecule has 4 rings (SSSR count). The standard InChI is InChI=1S/C16H16N6O2S/c23-15(8-21-10-18-14(5-16(21)24)11-1-2-11)17-6-12-7-22(20-19-12)13-3-4-25-9-13/h3-5,7,9-11H,1-2,6,8H2,(H,17,23). The number of amides is 1. The van der Waals surface area contributed by atoms with Crippen molar-refractivity contribution in [2.45, 2.75) is 31.8 Å². The van der Waals surface area contributed by atoms with E-state index in [-0.39, 0.29) is 24.6 Å². The monoisotopic (exact) mass is 356 g/mol. The highest BCUT2D eigenvalue weighted by molar-refractivity contribution is 7.08. The zero-order chi connectivity index (χ0) is 17.2. The molecule has 0 bridgehead atoms. The van der Waals surface area contributed by atoms with Crippen molar-refractivity contribution in [1.29, 1.82) is 0 Å². The Morgan fingerprint density at radius 3 is 3.00 bits per heavy atom. The molecule has 0 radical (unpaired) electrons. The molecule has 1 amide bonds. The number of aromatic nitrogens is 5. The Labute approximate surface area is 147 Å². The molecule has 9 heteroatoms. The third-order valence-corrected chi connectivity index (χ3v) is 4.66. The molecule has 128 valence electrons. The first-order valence-electron chi connectivity index (χ1n) is 7.96. The Balaban J connectivity index is 1.34. The first-order valence-corrected chi connectivity index (χ1v) is 8.90. The first kappa shape index (κ1) is 15.7. The van der Waals surface area contributed by atoms with Gasteiger partial charge in [-0.15, -0.1) is 5.10 Å². The number of thiophene rings is 1. The minimum atomic E-state index is -0.270. The van der Waals surface area contributed by atoms with E-state index in [0.29, 0.717) is 11.6 Å². The maximum atomic E-state index is 12.1. The summed E-state index contributed by atoms with van der Waals surface area (Å²) >= 11 is 1.57. The Hall–Kier alpha value is -2.81. The molecule has 0 spiro atoms. The molecule has 3 heterocycles. The van der Waals surface area contributed by atoms with Crippen molar-refractivity contribution in [3.05, 3.63) is 57.2 Å². The van der Waals surface area contributed by atoms with Crippen molar-refractivity contribution in [3.63, 3.8) is 0 Å². The van der Waals surface area contributed by atoms with Gasteiger partial charge in [0.2, 0.25) is 5.91 Å². The van der Waals surface area contributed by atoms with E-state index in [1.165, 1.54) is 17.0 Å². The van der Waals surface area contributed by atoms with Crippen LogP contribution in [0.4, 0.5) is 0 Å². The smallest absolute Gasteiger partial charge is 0.254 e. The van der Waals surface area contributed by atoms with E-state index in [9.17, 15) is 9.59 Å². The lowest BCUT2D eigenvalue weighted by molar-refractivity contribution is -0.121. The van der Waals surface area contributed by atoms with Gasteiger partial charge in [-0.1, -0.05) is 5.21 Å². The van der Waals surface area contributed by atoms with Crippen LogP contribution < -0.4 is 10.9 Å². The summed E-state index contributed by atoms with van der Waals surface area (Å²) in [4.78, 5) is 28.4. The fourth-order valence-corrected chi connectivity index (χ4v) is 3.08. The molecule has 25 heavy (non-hydrogen) atoms. The van der Waals surface area contributed by atoms with Gasteiger partial charge >= 0.3 is 0 Å². The maximum absolute atomic E-state index is 12.1. The van der Waals surface area contributed by atoms with Crippen LogP contribution >= 0.6 is 11.3 Å². The predicted octanol–water partition coefficient (Wildman–Crippen LogP) is 1.08. The molecule has 3 aromatic rings. The normalized spacial score (nSPS) is 13.8. The number of rotatable bonds is 6. The lowest BCUT2D eigenvalue weighted by Crippen LogP contribution is -2.32. The largest absolute Gasteiger partial charge is 0.349 e. The SMILES string of the molecule is O=C(Cn1cnc(C2CC2)cc1=O)NCc1cn(-c2ccsc2)nn1. The Kier molecular flexibility index (Phi) is 4.14. The number of nitrogens with one attached hydrogen (secondary N) is 1. The number of carbonyl (C=O) groups is 1. The predicted molar refractivity (Wildman–Crippen MR) is 91.6 cm³/mol. The summed E-state index contributed by atoms with van der Waals surface area (Å²) in [6.07, 6.45) is 5.38.